The van der Waals surface area contributed by atoms with Gasteiger partial charge in [-0.1, -0.05) is 73.7 Å². The zero-order chi connectivity index (χ0) is 28.9. The lowest BCUT2D eigenvalue weighted by atomic mass is 9.89. The molecule has 4 atom stereocenters. The highest BCUT2D eigenvalue weighted by atomic mass is 16.7. The van der Waals surface area contributed by atoms with Gasteiger partial charge >= 0.3 is 0 Å². The lowest BCUT2D eigenvalue weighted by Gasteiger charge is -2.44. The molecule has 8 nitrogen and oxygen atoms in total. The SMILES string of the molecule is CC1C(CN2CCN(c3ncccn3)CC2)OC(c2ccc(-c3cccc(CN)c3)cc2)OC1c1ccc(CO)cc1. The third-order valence-corrected chi connectivity index (χ3v) is 8.45. The Morgan fingerprint density at radius 2 is 1.52 bits per heavy atom. The fourth-order valence-electron chi connectivity index (χ4n) is 5.88. The van der Waals surface area contributed by atoms with Gasteiger partial charge in [-0.25, -0.2) is 9.97 Å². The second-order valence-corrected chi connectivity index (χ2v) is 11.2. The van der Waals surface area contributed by atoms with Crippen LogP contribution >= 0.6 is 0 Å². The van der Waals surface area contributed by atoms with E-state index in [0.29, 0.717) is 6.54 Å². The smallest absolute Gasteiger partial charge is 0.225 e. The standard InChI is InChI=1S/C34H39N5O3/c1-24-31(22-38-16-18-39(19-17-38)34-36-14-3-15-37-34)41-33(42-32(24)28-8-6-25(23-40)7-9-28)29-12-10-27(11-13-29)30-5-2-4-26(20-30)21-35/h2-15,20,24,31-33,40H,16-19,21-23,35H2,1H3. The molecule has 0 spiro atoms. The lowest BCUT2D eigenvalue weighted by molar-refractivity contribution is -0.276. The Morgan fingerprint density at radius 1 is 0.810 bits per heavy atom. The first-order chi connectivity index (χ1) is 20.6. The van der Waals surface area contributed by atoms with Crippen molar-refractivity contribution >= 4 is 5.95 Å². The largest absolute Gasteiger partial charge is 0.392 e. The van der Waals surface area contributed by atoms with Crippen molar-refractivity contribution in [3.05, 3.63) is 114 Å². The Kier molecular flexibility index (Phi) is 8.88. The van der Waals surface area contributed by atoms with Gasteiger partial charge in [0.2, 0.25) is 5.95 Å². The number of aliphatic hydroxyl groups is 1. The van der Waals surface area contributed by atoms with E-state index in [4.69, 9.17) is 15.2 Å². The monoisotopic (exact) mass is 565 g/mol. The first-order valence-corrected chi connectivity index (χ1v) is 14.8. The van der Waals surface area contributed by atoms with Crippen LogP contribution in [0.4, 0.5) is 5.95 Å². The molecule has 8 heteroatoms. The van der Waals surface area contributed by atoms with Crippen LogP contribution in [0.25, 0.3) is 11.1 Å². The van der Waals surface area contributed by atoms with Gasteiger partial charge in [-0.2, -0.15) is 0 Å². The molecule has 2 aliphatic heterocycles. The molecule has 0 aliphatic carbocycles. The molecule has 4 aromatic rings. The number of aliphatic hydroxyl groups excluding tert-OH is 1. The lowest BCUT2D eigenvalue weighted by Crippen LogP contribution is -2.51. The van der Waals surface area contributed by atoms with Crippen molar-refractivity contribution in [3.8, 4) is 11.1 Å². The van der Waals surface area contributed by atoms with E-state index in [1.165, 1.54) is 0 Å². The number of ether oxygens (including phenoxy) is 2. The predicted molar refractivity (Wildman–Crippen MR) is 163 cm³/mol. The molecular formula is C34H39N5O3. The number of hydrogen-bond donors (Lipinski definition) is 2. The topological polar surface area (TPSA) is 97.0 Å². The molecule has 218 valence electrons. The quantitative estimate of drug-likeness (QED) is 0.317. The van der Waals surface area contributed by atoms with Crippen molar-refractivity contribution in [2.45, 2.75) is 38.6 Å². The number of piperazine rings is 1. The summed E-state index contributed by atoms with van der Waals surface area (Å²) >= 11 is 0. The zero-order valence-electron chi connectivity index (χ0n) is 24.0. The average molecular weight is 566 g/mol. The van der Waals surface area contributed by atoms with Crippen LogP contribution in [0, 0.1) is 5.92 Å². The van der Waals surface area contributed by atoms with Crippen LogP contribution in [0.1, 0.15) is 41.6 Å². The number of nitrogens with two attached hydrogens (primary N) is 1. The molecule has 0 radical (unpaired) electrons. The summed E-state index contributed by atoms with van der Waals surface area (Å²) in [5, 5.41) is 9.56. The van der Waals surface area contributed by atoms with Crippen LogP contribution in [0.2, 0.25) is 0 Å². The van der Waals surface area contributed by atoms with Crippen LogP contribution in [0.3, 0.4) is 0 Å². The number of benzene rings is 3. The number of hydrogen-bond acceptors (Lipinski definition) is 8. The van der Waals surface area contributed by atoms with Crippen LogP contribution in [-0.2, 0) is 22.6 Å². The number of anilines is 1. The maximum atomic E-state index is 9.56. The fourth-order valence-corrected chi connectivity index (χ4v) is 5.88. The molecule has 6 rings (SSSR count). The first-order valence-electron chi connectivity index (χ1n) is 14.8. The van der Waals surface area contributed by atoms with Crippen LogP contribution < -0.4 is 10.6 Å². The molecule has 0 bridgehead atoms. The van der Waals surface area contributed by atoms with Gasteiger partial charge in [-0.3, -0.25) is 4.90 Å². The first kappa shape index (κ1) is 28.5. The molecule has 0 saturated carbocycles. The molecular weight excluding hydrogens is 526 g/mol. The van der Waals surface area contributed by atoms with Gasteiger partial charge in [0.15, 0.2) is 6.29 Å². The average Bonchev–Trinajstić information content (AvgIpc) is 3.06. The summed E-state index contributed by atoms with van der Waals surface area (Å²) in [6.07, 6.45) is 2.94. The minimum atomic E-state index is -0.489. The molecule has 4 unspecified atom stereocenters. The van der Waals surface area contributed by atoms with E-state index in [0.717, 1.165) is 72.1 Å². The summed E-state index contributed by atoms with van der Waals surface area (Å²) in [5.41, 5.74) is 12.2. The van der Waals surface area contributed by atoms with E-state index in [1.54, 1.807) is 12.4 Å². The summed E-state index contributed by atoms with van der Waals surface area (Å²) in [7, 11) is 0. The van der Waals surface area contributed by atoms with Crippen LogP contribution in [0.15, 0.2) is 91.3 Å². The Bertz CT molecular complexity index is 1430. The maximum Gasteiger partial charge on any atom is 0.225 e. The van der Waals surface area contributed by atoms with E-state index < -0.39 is 6.29 Å². The van der Waals surface area contributed by atoms with Crippen LogP contribution in [0.5, 0.6) is 0 Å². The number of rotatable bonds is 8. The summed E-state index contributed by atoms with van der Waals surface area (Å²) in [6, 6.07) is 26.7. The number of aromatic nitrogens is 2. The highest BCUT2D eigenvalue weighted by Crippen LogP contribution is 2.42. The Hall–Kier alpha value is -3.66. The van der Waals surface area contributed by atoms with E-state index in [-0.39, 0.29) is 24.7 Å². The summed E-state index contributed by atoms with van der Waals surface area (Å²) in [5.74, 6) is 0.924. The summed E-state index contributed by atoms with van der Waals surface area (Å²) in [6.45, 7) is 7.17. The van der Waals surface area contributed by atoms with Gasteiger partial charge < -0.3 is 25.2 Å². The minimum absolute atomic E-state index is 0.0216. The van der Waals surface area contributed by atoms with Gasteiger partial charge in [0.25, 0.3) is 0 Å². The summed E-state index contributed by atoms with van der Waals surface area (Å²) in [4.78, 5) is 13.6. The Morgan fingerprint density at radius 3 is 2.21 bits per heavy atom. The molecule has 0 amide bonds. The van der Waals surface area contributed by atoms with Crippen molar-refractivity contribution in [2.24, 2.45) is 11.7 Å². The van der Waals surface area contributed by atoms with E-state index in [9.17, 15) is 5.11 Å². The molecule has 3 heterocycles. The van der Waals surface area contributed by atoms with Crippen molar-refractivity contribution in [1.29, 1.82) is 0 Å². The fraction of sp³-hybridized carbons (Fsp3) is 0.353. The van der Waals surface area contributed by atoms with E-state index in [2.05, 4.69) is 75.2 Å². The van der Waals surface area contributed by atoms with Crippen molar-refractivity contribution in [1.82, 2.24) is 14.9 Å². The second kappa shape index (κ2) is 13.1. The highest BCUT2D eigenvalue weighted by Gasteiger charge is 2.39. The molecule has 2 fully saturated rings. The second-order valence-electron chi connectivity index (χ2n) is 11.2. The Labute approximate surface area is 247 Å². The van der Waals surface area contributed by atoms with E-state index in [1.807, 2.05) is 30.3 Å². The molecule has 3 aromatic carbocycles. The number of nitrogens with zero attached hydrogens (tertiary/aromatic N) is 4. The van der Waals surface area contributed by atoms with Crippen molar-refractivity contribution in [2.75, 3.05) is 37.6 Å². The molecule has 1 aromatic heterocycles. The molecule has 3 N–H and O–H groups in total. The Balaban J connectivity index is 1.20. The third-order valence-electron chi connectivity index (χ3n) is 8.45. The third kappa shape index (κ3) is 6.38. The highest BCUT2D eigenvalue weighted by molar-refractivity contribution is 5.64. The van der Waals surface area contributed by atoms with Gasteiger partial charge in [-0.05, 0) is 39.9 Å². The molecule has 2 saturated heterocycles. The van der Waals surface area contributed by atoms with Gasteiger partial charge in [-0.15, -0.1) is 0 Å². The molecule has 42 heavy (non-hydrogen) atoms. The zero-order valence-corrected chi connectivity index (χ0v) is 24.0. The van der Waals surface area contributed by atoms with Crippen LogP contribution in [-0.4, -0.2) is 58.8 Å². The van der Waals surface area contributed by atoms with Gasteiger partial charge in [0.05, 0.1) is 18.8 Å². The van der Waals surface area contributed by atoms with Gasteiger partial charge in [0, 0.05) is 63.1 Å². The van der Waals surface area contributed by atoms with Crippen molar-refractivity contribution < 1.29 is 14.6 Å². The van der Waals surface area contributed by atoms with E-state index >= 15 is 0 Å². The maximum absolute atomic E-state index is 9.56. The molecule has 2 aliphatic rings. The predicted octanol–water partition coefficient (Wildman–Crippen LogP) is 4.71. The van der Waals surface area contributed by atoms with Gasteiger partial charge in [0.1, 0.15) is 0 Å². The minimum Gasteiger partial charge on any atom is -0.392 e. The summed E-state index contributed by atoms with van der Waals surface area (Å²) < 4.78 is 13.4. The van der Waals surface area contributed by atoms with Crippen molar-refractivity contribution in [3.63, 3.8) is 0 Å². The normalized spacial score (nSPS) is 23.2.